The standard InChI is InChI=1S/C10H19F2NO/c1-7(14)8-5-10(11,12)6-13(8)9(2,3)4/h7-8,14H,5-6H2,1-4H3/t7?,8-/m1/s1. The lowest BCUT2D eigenvalue weighted by Crippen LogP contribution is -2.48. The summed E-state index contributed by atoms with van der Waals surface area (Å²) in [5.74, 6) is -2.66. The second kappa shape index (κ2) is 3.42. The lowest BCUT2D eigenvalue weighted by atomic mass is 10.0. The van der Waals surface area contributed by atoms with Crippen molar-refractivity contribution in [3.8, 4) is 0 Å². The number of halogens is 2. The van der Waals surface area contributed by atoms with Crippen LogP contribution in [0.1, 0.15) is 34.1 Å². The zero-order valence-electron chi connectivity index (χ0n) is 9.22. The van der Waals surface area contributed by atoms with Crippen molar-refractivity contribution in [2.75, 3.05) is 6.54 Å². The summed E-state index contributed by atoms with van der Waals surface area (Å²) in [4.78, 5) is 1.69. The average Bonchev–Trinajstić information content (AvgIpc) is 2.24. The molecule has 1 aliphatic heterocycles. The molecular weight excluding hydrogens is 188 g/mol. The highest BCUT2D eigenvalue weighted by Crippen LogP contribution is 2.37. The molecule has 2 atom stereocenters. The molecule has 0 amide bonds. The van der Waals surface area contributed by atoms with Gasteiger partial charge in [0, 0.05) is 18.0 Å². The second-order valence-corrected chi connectivity index (χ2v) is 5.17. The summed E-state index contributed by atoms with van der Waals surface area (Å²) in [6, 6.07) is -0.426. The lowest BCUT2D eigenvalue weighted by Gasteiger charge is -2.37. The van der Waals surface area contributed by atoms with Gasteiger partial charge in [-0.25, -0.2) is 8.78 Å². The molecule has 0 aromatic rings. The minimum Gasteiger partial charge on any atom is -0.392 e. The minimum absolute atomic E-state index is 0.234. The molecule has 0 saturated carbocycles. The summed E-state index contributed by atoms with van der Waals surface area (Å²) in [6.45, 7) is 7.01. The molecule has 0 radical (unpaired) electrons. The molecular formula is C10H19F2NO. The van der Waals surface area contributed by atoms with Crippen molar-refractivity contribution in [3.63, 3.8) is 0 Å². The number of nitrogens with zero attached hydrogens (tertiary/aromatic N) is 1. The number of alkyl halides is 2. The Morgan fingerprint density at radius 1 is 1.43 bits per heavy atom. The summed E-state index contributed by atoms with van der Waals surface area (Å²) < 4.78 is 26.4. The van der Waals surface area contributed by atoms with Gasteiger partial charge in [-0.15, -0.1) is 0 Å². The fourth-order valence-corrected chi connectivity index (χ4v) is 2.01. The van der Waals surface area contributed by atoms with Gasteiger partial charge in [-0.3, -0.25) is 4.90 Å². The molecule has 1 heterocycles. The highest BCUT2D eigenvalue weighted by molar-refractivity contribution is 4.97. The van der Waals surface area contributed by atoms with Crippen LogP contribution in [0.5, 0.6) is 0 Å². The maximum absolute atomic E-state index is 13.2. The first-order chi connectivity index (χ1) is 6.13. The fraction of sp³-hybridized carbons (Fsp3) is 1.00. The van der Waals surface area contributed by atoms with Gasteiger partial charge in [0.2, 0.25) is 0 Å². The fourth-order valence-electron chi connectivity index (χ4n) is 2.01. The summed E-state index contributed by atoms with van der Waals surface area (Å²) in [7, 11) is 0. The van der Waals surface area contributed by atoms with Crippen LogP contribution in [0.3, 0.4) is 0 Å². The Morgan fingerprint density at radius 2 is 1.93 bits per heavy atom. The van der Waals surface area contributed by atoms with Crippen LogP contribution in [0.15, 0.2) is 0 Å². The van der Waals surface area contributed by atoms with Crippen LogP contribution >= 0.6 is 0 Å². The molecule has 14 heavy (non-hydrogen) atoms. The van der Waals surface area contributed by atoms with Crippen molar-refractivity contribution in [2.24, 2.45) is 0 Å². The third-order valence-corrected chi connectivity index (χ3v) is 2.73. The predicted octanol–water partition coefficient (Wildman–Crippen LogP) is 1.88. The van der Waals surface area contributed by atoms with Crippen LogP contribution < -0.4 is 0 Å². The van der Waals surface area contributed by atoms with E-state index in [2.05, 4.69) is 0 Å². The van der Waals surface area contributed by atoms with Crippen molar-refractivity contribution in [2.45, 2.75) is 57.7 Å². The smallest absolute Gasteiger partial charge is 0.262 e. The molecule has 1 rings (SSSR count). The van der Waals surface area contributed by atoms with Crippen molar-refractivity contribution >= 4 is 0 Å². The molecule has 1 saturated heterocycles. The van der Waals surface area contributed by atoms with Crippen LogP contribution in [0.25, 0.3) is 0 Å². The summed E-state index contributed by atoms with van der Waals surface area (Å²) in [5, 5.41) is 9.44. The largest absolute Gasteiger partial charge is 0.392 e. The summed E-state index contributed by atoms with van der Waals surface area (Å²) >= 11 is 0. The third kappa shape index (κ3) is 2.42. The maximum Gasteiger partial charge on any atom is 0.262 e. The molecule has 2 nitrogen and oxygen atoms in total. The van der Waals surface area contributed by atoms with Crippen molar-refractivity contribution < 1.29 is 13.9 Å². The quantitative estimate of drug-likeness (QED) is 0.709. The van der Waals surface area contributed by atoms with Gasteiger partial charge >= 0.3 is 0 Å². The van der Waals surface area contributed by atoms with E-state index in [4.69, 9.17) is 0 Å². The van der Waals surface area contributed by atoms with Crippen molar-refractivity contribution in [3.05, 3.63) is 0 Å². The first kappa shape index (κ1) is 11.9. The Kier molecular flexibility index (Phi) is 2.89. The lowest BCUT2D eigenvalue weighted by molar-refractivity contribution is 0.0000768. The monoisotopic (exact) mass is 207 g/mol. The van der Waals surface area contributed by atoms with Gasteiger partial charge < -0.3 is 5.11 Å². The summed E-state index contributed by atoms with van der Waals surface area (Å²) in [6.07, 6.45) is -0.940. The Labute approximate surface area is 83.9 Å². The Morgan fingerprint density at radius 3 is 2.21 bits per heavy atom. The molecule has 84 valence electrons. The Balaban J connectivity index is 2.83. The molecule has 0 aromatic heterocycles. The zero-order valence-corrected chi connectivity index (χ0v) is 9.22. The highest BCUT2D eigenvalue weighted by Gasteiger charge is 2.49. The second-order valence-electron chi connectivity index (χ2n) is 5.17. The predicted molar refractivity (Wildman–Crippen MR) is 51.5 cm³/mol. The normalized spacial score (nSPS) is 30.6. The summed E-state index contributed by atoms with van der Waals surface area (Å²) in [5.41, 5.74) is -0.318. The van der Waals surface area contributed by atoms with Gasteiger partial charge in [0.05, 0.1) is 12.6 Å². The van der Waals surface area contributed by atoms with Gasteiger partial charge in [0.15, 0.2) is 0 Å². The maximum atomic E-state index is 13.2. The van der Waals surface area contributed by atoms with E-state index < -0.39 is 18.1 Å². The Bertz CT molecular complexity index is 211. The number of rotatable bonds is 1. The van der Waals surface area contributed by atoms with E-state index in [1.165, 1.54) is 0 Å². The van der Waals surface area contributed by atoms with Gasteiger partial charge in [0.1, 0.15) is 0 Å². The SMILES string of the molecule is CC(O)[C@H]1CC(F)(F)CN1C(C)(C)C. The van der Waals surface area contributed by atoms with E-state index in [1.54, 1.807) is 11.8 Å². The van der Waals surface area contributed by atoms with Gasteiger partial charge in [-0.1, -0.05) is 0 Å². The molecule has 4 heteroatoms. The molecule has 1 aliphatic rings. The molecule has 0 aliphatic carbocycles. The number of likely N-dealkylation sites (tertiary alicyclic amines) is 1. The Hall–Kier alpha value is -0.220. The van der Waals surface area contributed by atoms with Gasteiger partial charge in [-0.05, 0) is 27.7 Å². The number of hydrogen-bond donors (Lipinski definition) is 1. The van der Waals surface area contributed by atoms with Crippen molar-refractivity contribution in [1.82, 2.24) is 4.90 Å². The molecule has 0 aromatic carbocycles. The van der Waals surface area contributed by atoms with E-state index >= 15 is 0 Å². The van der Waals surface area contributed by atoms with Crippen molar-refractivity contribution in [1.29, 1.82) is 0 Å². The first-order valence-electron chi connectivity index (χ1n) is 4.96. The van der Waals surface area contributed by atoms with Gasteiger partial charge in [0.25, 0.3) is 5.92 Å². The molecule has 0 spiro atoms. The topological polar surface area (TPSA) is 23.5 Å². The number of aliphatic hydroxyl groups is 1. The van der Waals surface area contributed by atoms with E-state index in [1.807, 2.05) is 20.8 Å². The van der Waals surface area contributed by atoms with E-state index in [9.17, 15) is 13.9 Å². The van der Waals surface area contributed by atoms with E-state index in [0.717, 1.165) is 0 Å². The first-order valence-corrected chi connectivity index (χ1v) is 4.96. The minimum atomic E-state index is -2.66. The highest BCUT2D eigenvalue weighted by atomic mass is 19.3. The van der Waals surface area contributed by atoms with Crippen LogP contribution in [0, 0.1) is 0 Å². The van der Waals surface area contributed by atoms with Crippen LogP contribution in [-0.2, 0) is 0 Å². The molecule has 1 unspecified atom stereocenters. The van der Waals surface area contributed by atoms with Crippen LogP contribution in [0.4, 0.5) is 8.78 Å². The average molecular weight is 207 g/mol. The van der Waals surface area contributed by atoms with E-state index in [-0.39, 0.29) is 18.5 Å². The number of hydrogen-bond acceptors (Lipinski definition) is 2. The number of aliphatic hydroxyl groups excluding tert-OH is 1. The molecule has 0 bridgehead atoms. The van der Waals surface area contributed by atoms with E-state index in [0.29, 0.717) is 0 Å². The molecule has 1 fully saturated rings. The third-order valence-electron chi connectivity index (χ3n) is 2.73. The van der Waals surface area contributed by atoms with Crippen LogP contribution in [0.2, 0.25) is 0 Å². The zero-order chi connectivity index (χ0) is 11.1. The van der Waals surface area contributed by atoms with Gasteiger partial charge in [-0.2, -0.15) is 0 Å². The molecule has 1 N–H and O–H groups in total. The van der Waals surface area contributed by atoms with Crippen LogP contribution in [-0.4, -0.2) is 40.2 Å².